The summed E-state index contributed by atoms with van der Waals surface area (Å²) in [5, 5.41) is 5.20. The standard InChI is InChI=1S/C13H24N4O3/c1-12(2)9-8(4-3-7-20-9)13(12,15)10(18)16-5-6-17-11(14)19/h8-9H,3-7,15H2,1-2H3,(H,16,18)(H3,14,17,19). The Kier molecular flexibility index (Phi) is 3.93. The molecular weight excluding hydrogens is 260 g/mol. The maximum atomic E-state index is 12.4. The number of nitrogens with one attached hydrogen (secondary N) is 2. The predicted octanol–water partition coefficient (Wildman–Crippen LogP) is -0.697. The number of fused-ring (bicyclic) bond motifs is 1. The summed E-state index contributed by atoms with van der Waals surface area (Å²) in [5.41, 5.74) is 10.1. The second-order valence-electron chi connectivity index (χ2n) is 6.18. The molecule has 3 atom stereocenters. The van der Waals surface area contributed by atoms with Gasteiger partial charge in [-0.1, -0.05) is 13.8 Å². The van der Waals surface area contributed by atoms with Crippen molar-refractivity contribution in [1.29, 1.82) is 0 Å². The van der Waals surface area contributed by atoms with Crippen molar-refractivity contribution in [2.75, 3.05) is 19.7 Å². The van der Waals surface area contributed by atoms with E-state index in [1.54, 1.807) is 0 Å². The third kappa shape index (κ3) is 2.14. The Morgan fingerprint density at radius 3 is 2.60 bits per heavy atom. The number of hydrogen-bond acceptors (Lipinski definition) is 4. The molecule has 0 spiro atoms. The lowest BCUT2D eigenvalue weighted by molar-refractivity contribution is -0.225. The van der Waals surface area contributed by atoms with Gasteiger partial charge in [0.1, 0.15) is 5.54 Å². The van der Waals surface area contributed by atoms with Crippen LogP contribution in [0.1, 0.15) is 26.7 Å². The average Bonchev–Trinajstić information content (AvgIpc) is 2.42. The number of carbonyl (C=O) groups excluding carboxylic acids is 2. The zero-order chi connectivity index (χ0) is 15.0. The molecule has 1 aliphatic heterocycles. The number of amides is 3. The summed E-state index contributed by atoms with van der Waals surface area (Å²) in [6.07, 6.45) is 1.90. The van der Waals surface area contributed by atoms with Gasteiger partial charge in [-0.05, 0) is 12.8 Å². The van der Waals surface area contributed by atoms with Crippen LogP contribution in [0.3, 0.4) is 0 Å². The highest BCUT2D eigenvalue weighted by molar-refractivity contribution is 5.89. The molecule has 0 radical (unpaired) electrons. The highest BCUT2D eigenvalue weighted by atomic mass is 16.5. The maximum absolute atomic E-state index is 12.4. The van der Waals surface area contributed by atoms with Crippen LogP contribution in [0.2, 0.25) is 0 Å². The van der Waals surface area contributed by atoms with Crippen molar-refractivity contribution in [3.63, 3.8) is 0 Å². The Hall–Kier alpha value is -1.34. The zero-order valence-electron chi connectivity index (χ0n) is 12.1. The van der Waals surface area contributed by atoms with Gasteiger partial charge < -0.3 is 26.8 Å². The van der Waals surface area contributed by atoms with Gasteiger partial charge in [-0.15, -0.1) is 0 Å². The fourth-order valence-electron chi connectivity index (χ4n) is 3.54. The first-order valence-electron chi connectivity index (χ1n) is 7.04. The van der Waals surface area contributed by atoms with Gasteiger partial charge in [-0.3, -0.25) is 4.79 Å². The second kappa shape index (κ2) is 5.21. The summed E-state index contributed by atoms with van der Waals surface area (Å²) < 4.78 is 5.76. The SMILES string of the molecule is CC1(C)C2OCCCC2C1(N)C(=O)NCCNC(N)=O. The molecule has 3 amide bonds. The molecule has 2 rings (SSSR count). The van der Waals surface area contributed by atoms with Crippen LogP contribution in [-0.2, 0) is 9.53 Å². The van der Waals surface area contributed by atoms with E-state index in [1.807, 2.05) is 13.8 Å². The summed E-state index contributed by atoms with van der Waals surface area (Å²) in [6.45, 7) is 5.30. The molecule has 1 saturated carbocycles. The summed E-state index contributed by atoms with van der Waals surface area (Å²) in [7, 11) is 0. The van der Waals surface area contributed by atoms with Crippen LogP contribution >= 0.6 is 0 Å². The molecule has 0 bridgehead atoms. The van der Waals surface area contributed by atoms with E-state index in [0.29, 0.717) is 13.1 Å². The molecule has 0 aromatic rings. The van der Waals surface area contributed by atoms with Gasteiger partial charge in [-0.25, -0.2) is 4.79 Å². The van der Waals surface area contributed by atoms with Crippen LogP contribution < -0.4 is 22.1 Å². The smallest absolute Gasteiger partial charge is 0.312 e. The Morgan fingerprint density at radius 2 is 1.95 bits per heavy atom. The Bertz CT molecular complexity index is 412. The Labute approximate surface area is 118 Å². The fourth-order valence-corrected chi connectivity index (χ4v) is 3.54. The van der Waals surface area contributed by atoms with Crippen molar-refractivity contribution in [3.8, 4) is 0 Å². The minimum absolute atomic E-state index is 0.0516. The van der Waals surface area contributed by atoms with Gasteiger partial charge in [0.2, 0.25) is 5.91 Å². The third-order valence-electron chi connectivity index (χ3n) is 4.77. The molecule has 7 nitrogen and oxygen atoms in total. The lowest BCUT2D eigenvalue weighted by atomic mass is 9.46. The summed E-state index contributed by atoms with van der Waals surface area (Å²) in [6, 6.07) is -0.605. The third-order valence-corrected chi connectivity index (χ3v) is 4.77. The predicted molar refractivity (Wildman–Crippen MR) is 73.8 cm³/mol. The van der Waals surface area contributed by atoms with Crippen LogP contribution in [0, 0.1) is 11.3 Å². The van der Waals surface area contributed by atoms with Gasteiger partial charge >= 0.3 is 6.03 Å². The molecule has 1 saturated heterocycles. The number of carbonyl (C=O) groups is 2. The Morgan fingerprint density at radius 1 is 1.30 bits per heavy atom. The van der Waals surface area contributed by atoms with E-state index in [-0.39, 0.29) is 23.3 Å². The van der Waals surface area contributed by atoms with Crippen molar-refractivity contribution in [2.24, 2.45) is 22.8 Å². The molecule has 3 unspecified atom stereocenters. The molecule has 0 aromatic carbocycles. The van der Waals surface area contributed by atoms with Crippen molar-refractivity contribution in [2.45, 2.75) is 38.3 Å². The minimum Gasteiger partial charge on any atom is -0.377 e. The van der Waals surface area contributed by atoms with Crippen molar-refractivity contribution in [1.82, 2.24) is 10.6 Å². The molecule has 2 aliphatic rings. The molecule has 20 heavy (non-hydrogen) atoms. The Balaban J connectivity index is 1.95. The molecular formula is C13H24N4O3. The molecule has 0 aromatic heterocycles. The summed E-state index contributed by atoms with van der Waals surface area (Å²) in [5.74, 6) is -0.115. The number of urea groups is 1. The fraction of sp³-hybridized carbons (Fsp3) is 0.846. The van der Waals surface area contributed by atoms with Crippen LogP contribution in [-0.4, -0.2) is 43.3 Å². The topological polar surface area (TPSA) is 119 Å². The normalized spacial score (nSPS) is 34.5. The molecule has 6 N–H and O–H groups in total. The van der Waals surface area contributed by atoms with E-state index < -0.39 is 11.6 Å². The molecule has 2 fully saturated rings. The summed E-state index contributed by atoms with van der Waals surface area (Å²) in [4.78, 5) is 23.0. The van der Waals surface area contributed by atoms with Crippen molar-refractivity contribution >= 4 is 11.9 Å². The number of hydrogen-bond donors (Lipinski definition) is 4. The van der Waals surface area contributed by atoms with Crippen LogP contribution in [0.25, 0.3) is 0 Å². The molecule has 1 heterocycles. The number of rotatable bonds is 4. The minimum atomic E-state index is -0.912. The highest BCUT2D eigenvalue weighted by Crippen LogP contribution is 2.57. The quantitative estimate of drug-likeness (QED) is 0.510. The number of ether oxygens (including phenoxy) is 1. The lowest BCUT2D eigenvalue weighted by Crippen LogP contribution is -2.82. The van der Waals surface area contributed by atoms with E-state index in [2.05, 4.69) is 10.6 Å². The van der Waals surface area contributed by atoms with Gasteiger partial charge in [0, 0.05) is 31.0 Å². The first kappa shape index (κ1) is 15.1. The van der Waals surface area contributed by atoms with Gasteiger partial charge in [0.15, 0.2) is 0 Å². The van der Waals surface area contributed by atoms with E-state index in [0.717, 1.165) is 19.4 Å². The molecule has 1 aliphatic carbocycles. The highest BCUT2D eigenvalue weighted by Gasteiger charge is 2.70. The van der Waals surface area contributed by atoms with Gasteiger partial charge in [0.05, 0.1) is 6.10 Å². The first-order valence-corrected chi connectivity index (χ1v) is 7.04. The zero-order valence-corrected chi connectivity index (χ0v) is 12.1. The molecule has 114 valence electrons. The lowest BCUT2D eigenvalue weighted by Gasteiger charge is -2.65. The van der Waals surface area contributed by atoms with Gasteiger partial charge in [0.25, 0.3) is 0 Å². The average molecular weight is 284 g/mol. The van der Waals surface area contributed by atoms with E-state index in [4.69, 9.17) is 16.2 Å². The second-order valence-corrected chi connectivity index (χ2v) is 6.18. The summed E-state index contributed by atoms with van der Waals surface area (Å²) >= 11 is 0. The van der Waals surface area contributed by atoms with Crippen molar-refractivity contribution < 1.29 is 14.3 Å². The van der Waals surface area contributed by atoms with E-state index in [1.165, 1.54) is 0 Å². The monoisotopic (exact) mass is 284 g/mol. The van der Waals surface area contributed by atoms with E-state index >= 15 is 0 Å². The molecule has 7 heteroatoms. The number of nitrogens with two attached hydrogens (primary N) is 2. The maximum Gasteiger partial charge on any atom is 0.312 e. The first-order chi connectivity index (χ1) is 9.31. The van der Waals surface area contributed by atoms with Crippen LogP contribution in [0.4, 0.5) is 4.79 Å². The number of primary amides is 1. The van der Waals surface area contributed by atoms with Crippen LogP contribution in [0.5, 0.6) is 0 Å². The largest absolute Gasteiger partial charge is 0.377 e. The van der Waals surface area contributed by atoms with E-state index in [9.17, 15) is 9.59 Å². The van der Waals surface area contributed by atoms with Gasteiger partial charge in [-0.2, -0.15) is 0 Å². The van der Waals surface area contributed by atoms with Crippen molar-refractivity contribution in [3.05, 3.63) is 0 Å². The van der Waals surface area contributed by atoms with Crippen LogP contribution in [0.15, 0.2) is 0 Å².